The molecule has 3 rings (SSSR count). The van der Waals surface area contributed by atoms with Crippen LogP contribution in [0.4, 0.5) is 0 Å². The monoisotopic (exact) mass is 400 g/mol. The lowest BCUT2D eigenvalue weighted by Crippen LogP contribution is -2.21. The molecule has 0 unspecified atom stereocenters. The van der Waals surface area contributed by atoms with Crippen LogP contribution in [-0.4, -0.2) is 10.9 Å². The molecule has 1 N–H and O–H groups in total. The third-order valence-corrected chi connectivity index (χ3v) is 5.54. The molecule has 0 atom stereocenters. The zero-order valence-electron chi connectivity index (χ0n) is 18.9. The van der Waals surface area contributed by atoms with Crippen molar-refractivity contribution in [1.29, 1.82) is 0 Å². The Hall–Kier alpha value is -2.87. The molecule has 0 aromatic heterocycles. The fourth-order valence-electron chi connectivity index (χ4n) is 3.87. The maximum Gasteiger partial charge on any atom is 0.174 e. The van der Waals surface area contributed by atoms with Gasteiger partial charge in [0.15, 0.2) is 5.78 Å². The molecule has 30 heavy (non-hydrogen) atoms. The van der Waals surface area contributed by atoms with Crippen molar-refractivity contribution in [2.75, 3.05) is 0 Å². The molecule has 156 valence electrons. The Morgan fingerprint density at radius 1 is 0.700 bits per heavy atom. The van der Waals surface area contributed by atoms with Crippen LogP contribution in [0.25, 0.3) is 0 Å². The van der Waals surface area contributed by atoms with Crippen LogP contribution in [0.15, 0.2) is 72.8 Å². The van der Waals surface area contributed by atoms with Crippen LogP contribution in [-0.2, 0) is 10.8 Å². The molecule has 0 aliphatic heterocycles. The summed E-state index contributed by atoms with van der Waals surface area (Å²) in [6, 6.07) is 23.6. The SMILES string of the molecule is CC(C)(C)c1cc(C(=O)C(c2ccccc2)c2ccccc2)cc(C(C)(C)C)c1O. The summed E-state index contributed by atoms with van der Waals surface area (Å²) in [5.41, 5.74) is 3.62. The van der Waals surface area contributed by atoms with Gasteiger partial charge in [-0.2, -0.15) is 0 Å². The molecular formula is C28H32O2. The van der Waals surface area contributed by atoms with Crippen LogP contribution in [0.2, 0.25) is 0 Å². The Labute approximate surface area is 180 Å². The molecule has 3 aromatic rings. The van der Waals surface area contributed by atoms with Crippen molar-refractivity contribution in [2.45, 2.75) is 58.3 Å². The second-order valence-electron chi connectivity index (χ2n) is 10.0. The number of phenolic OH excluding ortho intramolecular Hbond substituents is 1. The number of hydrogen-bond acceptors (Lipinski definition) is 2. The number of benzene rings is 3. The summed E-state index contributed by atoms with van der Waals surface area (Å²) in [7, 11) is 0. The third-order valence-electron chi connectivity index (χ3n) is 5.54. The number of carbonyl (C=O) groups excluding carboxylic acids is 1. The first-order valence-electron chi connectivity index (χ1n) is 10.5. The highest BCUT2D eigenvalue weighted by Gasteiger charge is 2.30. The first-order valence-corrected chi connectivity index (χ1v) is 10.5. The molecule has 0 saturated carbocycles. The van der Waals surface area contributed by atoms with E-state index in [-0.39, 0.29) is 16.6 Å². The van der Waals surface area contributed by atoms with Gasteiger partial charge in [0, 0.05) is 16.7 Å². The summed E-state index contributed by atoms with van der Waals surface area (Å²) in [5, 5.41) is 11.0. The molecule has 0 spiro atoms. The van der Waals surface area contributed by atoms with E-state index in [0.29, 0.717) is 11.3 Å². The first-order chi connectivity index (χ1) is 14.0. The molecule has 0 aliphatic rings. The summed E-state index contributed by atoms with van der Waals surface area (Å²) in [4.78, 5) is 13.9. The average Bonchev–Trinajstić information content (AvgIpc) is 2.68. The molecule has 0 radical (unpaired) electrons. The fraction of sp³-hybridized carbons (Fsp3) is 0.321. The van der Waals surface area contributed by atoms with Gasteiger partial charge in [-0.15, -0.1) is 0 Å². The van der Waals surface area contributed by atoms with Crippen LogP contribution in [0.1, 0.15) is 80.1 Å². The number of rotatable bonds is 4. The summed E-state index contributed by atoms with van der Waals surface area (Å²) in [6.07, 6.45) is 0. The van der Waals surface area contributed by atoms with Crippen molar-refractivity contribution in [1.82, 2.24) is 0 Å². The van der Waals surface area contributed by atoms with E-state index in [4.69, 9.17) is 0 Å². The van der Waals surface area contributed by atoms with Crippen LogP contribution in [0, 0.1) is 0 Å². The molecule has 0 aliphatic carbocycles. The maximum atomic E-state index is 13.9. The zero-order chi connectivity index (χ0) is 22.1. The Balaban J connectivity index is 2.23. The third kappa shape index (κ3) is 4.48. The number of Topliss-reactive ketones (excluding diaryl/α,β-unsaturated/α-hetero) is 1. The molecule has 0 fully saturated rings. The molecule has 0 saturated heterocycles. The summed E-state index contributed by atoms with van der Waals surface area (Å²) >= 11 is 0. The van der Waals surface area contributed by atoms with Crippen LogP contribution < -0.4 is 0 Å². The highest BCUT2D eigenvalue weighted by atomic mass is 16.3. The number of phenols is 1. The van der Waals surface area contributed by atoms with Gasteiger partial charge in [0.05, 0.1) is 5.92 Å². The summed E-state index contributed by atoms with van der Waals surface area (Å²) < 4.78 is 0. The molecule has 2 heteroatoms. The Kier molecular flexibility index (Phi) is 5.90. The highest BCUT2D eigenvalue weighted by molar-refractivity contribution is 6.03. The summed E-state index contributed by atoms with van der Waals surface area (Å²) in [5.74, 6) is -0.0523. The topological polar surface area (TPSA) is 37.3 Å². The van der Waals surface area contributed by atoms with Gasteiger partial charge >= 0.3 is 0 Å². The van der Waals surface area contributed by atoms with E-state index >= 15 is 0 Å². The van der Waals surface area contributed by atoms with Crippen molar-refractivity contribution in [3.8, 4) is 5.75 Å². The van der Waals surface area contributed by atoms with Crippen molar-refractivity contribution in [2.24, 2.45) is 0 Å². The van der Waals surface area contributed by atoms with Gasteiger partial charge in [-0.3, -0.25) is 4.79 Å². The molecular weight excluding hydrogens is 368 g/mol. The molecule has 0 bridgehead atoms. The molecule has 2 nitrogen and oxygen atoms in total. The van der Waals surface area contributed by atoms with Crippen LogP contribution in [0.3, 0.4) is 0 Å². The normalized spacial score (nSPS) is 12.2. The predicted octanol–water partition coefficient (Wildman–Crippen LogP) is 7.00. The Morgan fingerprint density at radius 2 is 1.07 bits per heavy atom. The standard InChI is InChI=1S/C28H32O2/c1-27(2,3)22-17-21(18-23(26(22)30)28(4,5)6)25(29)24(19-13-9-7-10-14-19)20-15-11-8-12-16-20/h7-18,24,30H,1-6H3. The largest absolute Gasteiger partial charge is 0.507 e. The van der Waals surface area contributed by atoms with E-state index in [1.807, 2.05) is 72.8 Å². The van der Waals surface area contributed by atoms with Gasteiger partial charge in [0.1, 0.15) is 5.75 Å². The van der Waals surface area contributed by atoms with Gasteiger partial charge in [0.25, 0.3) is 0 Å². The van der Waals surface area contributed by atoms with Crippen molar-refractivity contribution in [3.63, 3.8) is 0 Å². The summed E-state index contributed by atoms with van der Waals surface area (Å²) in [6.45, 7) is 12.4. The van der Waals surface area contributed by atoms with Crippen LogP contribution in [0.5, 0.6) is 5.75 Å². The predicted molar refractivity (Wildman–Crippen MR) is 125 cm³/mol. The Bertz CT molecular complexity index is 945. The molecule has 0 amide bonds. The van der Waals surface area contributed by atoms with Crippen LogP contribution >= 0.6 is 0 Å². The second kappa shape index (κ2) is 8.10. The minimum atomic E-state index is -0.391. The van der Waals surface area contributed by atoms with Crippen molar-refractivity contribution < 1.29 is 9.90 Å². The van der Waals surface area contributed by atoms with E-state index in [9.17, 15) is 9.90 Å². The van der Waals surface area contributed by atoms with E-state index in [1.165, 1.54) is 0 Å². The number of carbonyl (C=O) groups is 1. The molecule has 3 aromatic carbocycles. The van der Waals surface area contributed by atoms with E-state index in [1.54, 1.807) is 0 Å². The number of ketones is 1. The second-order valence-corrected chi connectivity index (χ2v) is 10.0. The van der Waals surface area contributed by atoms with Gasteiger partial charge in [-0.05, 0) is 34.1 Å². The van der Waals surface area contributed by atoms with E-state index in [2.05, 4.69) is 41.5 Å². The van der Waals surface area contributed by atoms with Gasteiger partial charge in [-0.1, -0.05) is 102 Å². The first kappa shape index (κ1) is 21.8. The Morgan fingerprint density at radius 3 is 1.40 bits per heavy atom. The maximum absolute atomic E-state index is 13.9. The minimum Gasteiger partial charge on any atom is -0.507 e. The highest BCUT2D eigenvalue weighted by Crippen LogP contribution is 2.41. The van der Waals surface area contributed by atoms with Crippen molar-refractivity contribution >= 4 is 5.78 Å². The van der Waals surface area contributed by atoms with Gasteiger partial charge in [0.2, 0.25) is 0 Å². The van der Waals surface area contributed by atoms with Crippen molar-refractivity contribution in [3.05, 3.63) is 101 Å². The number of aromatic hydroxyl groups is 1. The lowest BCUT2D eigenvalue weighted by Gasteiger charge is -2.28. The van der Waals surface area contributed by atoms with E-state index in [0.717, 1.165) is 22.3 Å². The average molecular weight is 401 g/mol. The minimum absolute atomic E-state index is 0.0448. The van der Waals surface area contributed by atoms with Gasteiger partial charge in [-0.25, -0.2) is 0 Å². The van der Waals surface area contributed by atoms with E-state index < -0.39 is 5.92 Å². The lowest BCUT2D eigenvalue weighted by molar-refractivity contribution is 0.0973. The molecule has 0 heterocycles. The quantitative estimate of drug-likeness (QED) is 0.479. The number of hydrogen-bond donors (Lipinski definition) is 1. The smallest absolute Gasteiger partial charge is 0.174 e. The zero-order valence-corrected chi connectivity index (χ0v) is 18.9. The lowest BCUT2D eigenvalue weighted by atomic mass is 9.76. The van der Waals surface area contributed by atoms with Gasteiger partial charge < -0.3 is 5.11 Å². The fourth-order valence-corrected chi connectivity index (χ4v) is 3.87.